The molecule has 1 aromatic carbocycles. The summed E-state index contributed by atoms with van der Waals surface area (Å²) in [5, 5.41) is 10.8. The molecule has 1 heterocycles. The maximum absolute atomic E-state index is 13.8. The van der Waals surface area contributed by atoms with E-state index in [9.17, 15) is 9.18 Å². The molecule has 1 aromatic heterocycles. The Hall–Kier alpha value is -0.776. The predicted octanol–water partition coefficient (Wildman–Crippen LogP) is 0.764. The summed E-state index contributed by atoms with van der Waals surface area (Å²) >= 11 is 0. The summed E-state index contributed by atoms with van der Waals surface area (Å²) in [5.74, 6) is -0.542. The average molecular weight is 324 g/mol. The normalized spacial score (nSPS) is 10.2. The smallest absolute Gasteiger partial charge is 0.375 e. The molecule has 2 rings (SSSR count). The number of aryl methyl sites for hydroxylation is 1. The van der Waals surface area contributed by atoms with E-state index in [4.69, 9.17) is 5.11 Å². The van der Waals surface area contributed by atoms with Crippen molar-refractivity contribution in [1.82, 2.24) is 4.68 Å². The van der Waals surface area contributed by atoms with Gasteiger partial charge in [-0.05, 0) is 12.4 Å². The molecule has 4 nitrogen and oxygen atoms in total. The van der Waals surface area contributed by atoms with Gasteiger partial charge in [-0.3, -0.25) is 14.1 Å². The number of aliphatic hydroxyl groups excluding tert-OH is 1. The van der Waals surface area contributed by atoms with E-state index in [1.165, 1.54) is 28.0 Å². The van der Waals surface area contributed by atoms with Crippen LogP contribution in [-0.2, 0) is 32.7 Å². The van der Waals surface area contributed by atoms with E-state index in [1.807, 2.05) is 0 Å². The second-order valence-corrected chi connectivity index (χ2v) is 3.85. The van der Waals surface area contributed by atoms with Gasteiger partial charge in [0.25, 0.3) is 0 Å². The summed E-state index contributed by atoms with van der Waals surface area (Å²) in [7, 11) is 1.60. The van der Waals surface area contributed by atoms with Gasteiger partial charge in [-0.1, -0.05) is 5.39 Å². The largest absolute Gasteiger partial charge is 3.00 e. The van der Waals surface area contributed by atoms with Gasteiger partial charge in [0.1, 0.15) is 12.2 Å². The SMILES string of the molecule is Cc1cn(N(C)CO)c2c(F)c[c-]cc2c1=O.[Y+3]. The number of benzene rings is 1. The maximum atomic E-state index is 13.8. The molecular weight excluding hydrogens is 312 g/mol. The molecule has 0 bridgehead atoms. The van der Waals surface area contributed by atoms with E-state index < -0.39 is 5.82 Å². The molecule has 0 amide bonds. The number of aromatic nitrogens is 1. The molecule has 18 heavy (non-hydrogen) atoms. The standard InChI is InChI=1S/C12H12FN2O2.Y/c1-8-6-15(14(2)7-16)11-9(12(8)17)4-3-5-10(11)13;/h4-6,16H,7H2,1-2H3;/q-1;+3. The van der Waals surface area contributed by atoms with Gasteiger partial charge < -0.3 is 9.90 Å². The number of halogens is 1. The van der Waals surface area contributed by atoms with Gasteiger partial charge in [-0.15, -0.1) is 6.07 Å². The first kappa shape index (κ1) is 15.3. The van der Waals surface area contributed by atoms with Crippen molar-refractivity contribution in [3.63, 3.8) is 0 Å². The molecule has 6 heteroatoms. The first-order valence-electron chi connectivity index (χ1n) is 5.10. The van der Waals surface area contributed by atoms with Crippen LogP contribution in [0.3, 0.4) is 0 Å². The van der Waals surface area contributed by atoms with Gasteiger partial charge in [0.05, 0.1) is 0 Å². The van der Waals surface area contributed by atoms with E-state index in [0.717, 1.165) is 0 Å². The molecule has 0 aliphatic rings. The summed E-state index contributed by atoms with van der Waals surface area (Å²) < 4.78 is 15.2. The number of aliphatic hydroxyl groups is 1. The minimum Gasteiger partial charge on any atom is -0.375 e. The van der Waals surface area contributed by atoms with E-state index in [2.05, 4.69) is 6.07 Å². The van der Waals surface area contributed by atoms with Gasteiger partial charge in [0, 0.05) is 24.6 Å². The van der Waals surface area contributed by atoms with Crippen molar-refractivity contribution in [2.45, 2.75) is 6.92 Å². The molecule has 90 valence electrons. The van der Waals surface area contributed by atoms with E-state index in [1.54, 1.807) is 14.0 Å². The first-order valence-corrected chi connectivity index (χ1v) is 5.10. The molecule has 0 aliphatic carbocycles. The average Bonchev–Trinajstić information content (AvgIpc) is 2.33. The Morgan fingerprint density at radius 2 is 2.17 bits per heavy atom. The Bertz CT molecular complexity index is 627. The van der Waals surface area contributed by atoms with Crippen LogP contribution in [0.1, 0.15) is 5.56 Å². The number of hydrogen-bond donors (Lipinski definition) is 1. The number of hydrogen-bond acceptors (Lipinski definition) is 3. The fourth-order valence-corrected chi connectivity index (χ4v) is 1.73. The quantitative estimate of drug-likeness (QED) is 0.655. The number of nitrogens with zero attached hydrogens (tertiary/aromatic N) is 2. The van der Waals surface area contributed by atoms with Gasteiger partial charge in [0.2, 0.25) is 0 Å². The van der Waals surface area contributed by atoms with Crippen LogP contribution in [0.25, 0.3) is 10.9 Å². The summed E-state index contributed by atoms with van der Waals surface area (Å²) in [6.07, 6.45) is 1.50. The van der Waals surface area contributed by atoms with Crippen molar-refractivity contribution >= 4 is 10.9 Å². The zero-order valence-electron chi connectivity index (χ0n) is 10.1. The summed E-state index contributed by atoms with van der Waals surface area (Å²) in [6, 6.07) is 5.21. The van der Waals surface area contributed by atoms with Crippen LogP contribution in [0.15, 0.2) is 23.1 Å². The number of fused-ring (bicyclic) bond motifs is 1. The molecule has 1 N–H and O–H groups in total. The third-order valence-corrected chi connectivity index (χ3v) is 2.64. The third kappa shape index (κ3) is 2.48. The molecule has 2 aromatic rings. The second kappa shape index (κ2) is 5.91. The second-order valence-electron chi connectivity index (χ2n) is 3.85. The van der Waals surface area contributed by atoms with Crippen molar-refractivity contribution in [3.05, 3.63) is 46.0 Å². The van der Waals surface area contributed by atoms with Gasteiger partial charge in [-0.25, -0.2) is 0 Å². The van der Waals surface area contributed by atoms with Crippen LogP contribution >= 0.6 is 0 Å². The van der Waals surface area contributed by atoms with Crippen LogP contribution in [0.2, 0.25) is 0 Å². The molecule has 0 atom stereocenters. The summed E-state index contributed by atoms with van der Waals surface area (Å²) in [4.78, 5) is 11.9. The van der Waals surface area contributed by atoms with Crippen LogP contribution in [0.4, 0.5) is 4.39 Å². The van der Waals surface area contributed by atoms with Crippen LogP contribution in [0.5, 0.6) is 0 Å². The first-order chi connectivity index (χ1) is 8.06. The Labute approximate surface area is 129 Å². The fraction of sp³-hybridized carbons (Fsp3) is 0.250. The zero-order chi connectivity index (χ0) is 12.6. The van der Waals surface area contributed by atoms with Crippen LogP contribution in [0, 0.1) is 18.8 Å². The van der Waals surface area contributed by atoms with Gasteiger partial charge >= 0.3 is 32.7 Å². The van der Waals surface area contributed by atoms with Crippen molar-refractivity contribution in [1.29, 1.82) is 0 Å². The molecule has 0 unspecified atom stereocenters. The molecule has 0 spiro atoms. The van der Waals surface area contributed by atoms with Crippen LogP contribution < -0.4 is 10.4 Å². The van der Waals surface area contributed by atoms with Crippen molar-refractivity contribution < 1.29 is 42.2 Å². The maximum Gasteiger partial charge on any atom is 3.00 e. The van der Waals surface area contributed by atoms with Crippen molar-refractivity contribution in [2.24, 2.45) is 0 Å². The van der Waals surface area contributed by atoms with E-state index >= 15 is 0 Å². The molecule has 0 aliphatic heterocycles. The Kier molecular flexibility index (Phi) is 5.02. The Morgan fingerprint density at radius 3 is 2.78 bits per heavy atom. The van der Waals surface area contributed by atoms with Crippen molar-refractivity contribution in [2.75, 3.05) is 18.8 Å². The third-order valence-electron chi connectivity index (χ3n) is 2.64. The topological polar surface area (TPSA) is 45.5 Å². The number of rotatable bonds is 2. The minimum absolute atomic E-state index is 0. The summed E-state index contributed by atoms with van der Waals surface area (Å²) in [6.45, 7) is 1.36. The predicted molar refractivity (Wildman–Crippen MR) is 63.0 cm³/mol. The van der Waals surface area contributed by atoms with Crippen LogP contribution in [-0.4, -0.2) is 23.6 Å². The minimum atomic E-state index is -0.542. The zero-order valence-corrected chi connectivity index (χ0v) is 13.0. The van der Waals surface area contributed by atoms with Crippen molar-refractivity contribution in [3.8, 4) is 0 Å². The Balaban J connectivity index is 0.00000162. The van der Waals surface area contributed by atoms with E-state index in [0.29, 0.717) is 5.56 Å². The molecule has 0 radical (unpaired) electrons. The fourth-order valence-electron chi connectivity index (χ4n) is 1.73. The molecule has 0 saturated heterocycles. The molecular formula is C12H12FN2O2Y+2. The Morgan fingerprint density at radius 1 is 1.50 bits per heavy atom. The van der Waals surface area contributed by atoms with Gasteiger partial charge in [-0.2, -0.15) is 12.1 Å². The summed E-state index contributed by atoms with van der Waals surface area (Å²) in [5.41, 5.74) is 0.408. The van der Waals surface area contributed by atoms with E-state index in [-0.39, 0.29) is 55.8 Å². The molecule has 0 saturated carbocycles. The number of pyridine rings is 1. The monoisotopic (exact) mass is 324 g/mol. The van der Waals surface area contributed by atoms with Gasteiger partial charge in [0.15, 0.2) is 0 Å². The molecule has 0 fully saturated rings.